The van der Waals surface area contributed by atoms with Gasteiger partial charge in [-0.1, -0.05) is 0 Å². The summed E-state index contributed by atoms with van der Waals surface area (Å²) < 4.78 is 48.0. The molecule has 1 fully saturated rings. The summed E-state index contributed by atoms with van der Waals surface area (Å²) in [5.41, 5.74) is 1.27. The highest BCUT2D eigenvalue weighted by Gasteiger charge is 2.31. The number of fused-ring (bicyclic) bond motifs is 1. The third kappa shape index (κ3) is 7.17. The molecule has 0 radical (unpaired) electrons. The number of carbonyl (C=O) groups is 1. The Hall–Kier alpha value is -2.78. The number of carboxylic acid groups (broad SMARTS) is 1. The van der Waals surface area contributed by atoms with E-state index in [0.29, 0.717) is 48.5 Å². The van der Waals surface area contributed by atoms with Crippen LogP contribution in [0.5, 0.6) is 5.75 Å². The maximum atomic E-state index is 15.5. The van der Waals surface area contributed by atoms with Crippen LogP contribution in [0.3, 0.4) is 0 Å². The molecular formula is C28H31F3N2O3S. The molecule has 0 unspecified atom stereocenters. The zero-order chi connectivity index (χ0) is 26.4. The van der Waals surface area contributed by atoms with E-state index in [1.54, 1.807) is 31.5 Å². The number of methoxy groups -OCH3 is 1. The van der Waals surface area contributed by atoms with E-state index < -0.39 is 23.8 Å². The Balaban J connectivity index is 1.35. The van der Waals surface area contributed by atoms with Crippen molar-refractivity contribution in [3.63, 3.8) is 0 Å². The number of aliphatic carboxylic acids is 1. The summed E-state index contributed by atoms with van der Waals surface area (Å²) in [7, 11) is 1.57. The lowest BCUT2D eigenvalue weighted by molar-refractivity contribution is -0.139. The van der Waals surface area contributed by atoms with Crippen molar-refractivity contribution in [2.75, 3.05) is 32.5 Å². The quantitative estimate of drug-likeness (QED) is 0.284. The number of hydrogen-bond acceptors (Lipinski definition) is 5. The summed E-state index contributed by atoms with van der Waals surface area (Å²) in [6.45, 7) is 1.99. The van der Waals surface area contributed by atoms with Gasteiger partial charge in [-0.05, 0) is 85.7 Å². The molecule has 0 amide bonds. The summed E-state index contributed by atoms with van der Waals surface area (Å²) >= 11 is 1.25. The number of rotatable bonds is 11. The second-order valence-corrected chi connectivity index (χ2v) is 10.6. The molecular weight excluding hydrogens is 501 g/mol. The molecule has 1 N–H and O–H groups in total. The molecule has 3 atom stereocenters. The molecule has 2 heterocycles. The monoisotopic (exact) mass is 532 g/mol. The van der Waals surface area contributed by atoms with Crippen LogP contribution in [0.1, 0.15) is 37.4 Å². The van der Waals surface area contributed by atoms with Crippen LogP contribution in [0, 0.1) is 23.5 Å². The first-order valence-electron chi connectivity index (χ1n) is 12.4. The molecule has 1 aliphatic heterocycles. The molecule has 3 aromatic rings. The number of ether oxygens (including phenoxy) is 1. The number of piperidine rings is 1. The highest BCUT2D eigenvalue weighted by Crippen LogP contribution is 2.36. The van der Waals surface area contributed by atoms with E-state index in [0.717, 1.165) is 30.5 Å². The van der Waals surface area contributed by atoms with E-state index in [9.17, 15) is 18.7 Å². The fourth-order valence-electron chi connectivity index (χ4n) is 5.13. The van der Waals surface area contributed by atoms with E-state index >= 15 is 4.39 Å². The maximum Gasteiger partial charge on any atom is 0.303 e. The Bertz CT molecular complexity index is 1230. The lowest BCUT2D eigenvalue weighted by atomic mass is 9.79. The molecule has 1 saturated heterocycles. The number of benzene rings is 2. The van der Waals surface area contributed by atoms with Crippen molar-refractivity contribution in [1.29, 1.82) is 0 Å². The first-order chi connectivity index (χ1) is 17.8. The fourth-order valence-corrected chi connectivity index (χ4v) is 6.10. The first kappa shape index (κ1) is 27.3. The largest absolute Gasteiger partial charge is 0.497 e. The fraction of sp³-hybridized carbons (Fsp3) is 0.429. The number of nitrogens with zero attached hydrogens (tertiary/aromatic N) is 2. The van der Waals surface area contributed by atoms with Crippen molar-refractivity contribution in [2.45, 2.75) is 36.8 Å². The van der Waals surface area contributed by atoms with E-state index in [2.05, 4.69) is 9.88 Å². The number of likely N-dealkylation sites (tertiary alicyclic amines) is 1. The highest BCUT2D eigenvalue weighted by atomic mass is 32.2. The van der Waals surface area contributed by atoms with E-state index in [1.807, 2.05) is 6.07 Å². The Morgan fingerprint density at radius 3 is 2.84 bits per heavy atom. The second-order valence-electron chi connectivity index (χ2n) is 9.46. The van der Waals surface area contributed by atoms with Crippen molar-refractivity contribution < 1.29 is 27.8 Å². The second kappa shape index (κ2) is 12.6. The number of alkyl halides is 1. The minimum absolute atomic E-state index is 0.0270. The molecule has 0 aliphatic carbocycles. The number of carboxylic acids is 1. The van der Waals surface area contributed by atoms with Crippen molar-refractivity contribution in [1.82, 2.24) is 9.88 Å². The van der Waals surface area contributed by atoms with Crippen LogP contribution >= 0.6 is 11.8 Å². The van der Waals surface area contributed by atoms with E-state index in [4.69, 9.17) is 4.74 Å². The zero-order valence-electron chi connectivity index (χ0n) is 20.7. The maximum absolute atomic E-state index is 15.5. The van der Waals surface area contributed by atoms with Crippen LogP contribution in [0.25, 0.3) is 10.9 Å². The first-order valence-corrected chi connectivity index (χ1v) is 13.4. The van der Waals surface area contributed by atoms with Crippen molar-refractivity contribution in [2.24, 2.45) is 11.8 Å². The van der Waals surface area contributed by atoms with Crippen LogP contribution in [-0.2, 0) is 4.79 Å². The Labute approximate surface area is 219 Å². The van der Waals surface area contributed by atoms with Crippen LogP contribution in [0.2, 0.25) is 0 Å². The lowest BCUT2D eigenvalue weighted by Crippen LogP contribution is -2.42. The minimum Gasteiger partial charge on any atom is -0.497 e. The topological polar surface area (TPSA) is 62.7 Å². The normalized spacial score (nSPS) is 19.1. The molecule has 5 nitrogen and oxygen atoms in total. The molecule has 9 heteroatoms. The van der Waals surface area contributed by atoms with Gasteiger partial charge in [0.2, 0.25) is 0 Å². The Morgan fingerprint density at radius 2 is 2.05 bits per heavy atom. The smallest absolute Gasteiger partial charge is 0.303 e. The molecule has 0 spiro atoms. The molecule has 4 rings (SSSR count). The summed E-state index contributed by atoms with van der Waals surface area (Å²) in [6.07, 6.45) is 2.10. The standard InChI is InChI=1S/C28H31F3N2O3S/c1-36-21-4-7-26-23(16-21)22(8-10-32-26)24(30)5-2-18-9-11-33(17-19(18)14-28(34)35)12-13-37-27-15-20(29)3-6-25(27)31/h3-4,6-8,10,15-16,18-19,24H,2,5,9,11-14,17H2,1H3,(H,34,35)/t18-,19+,24-/m1/s1. The van der Waals surface area contributed by atoms with E-state index in [1.165, 1.54) is 17.8 Å². The van der Waals surface area contributed by atoms with Gasteiger partial charge in [0, 0.05) is 41.7 Å². The molecule has 198 valence electrons. The van der Waals surface area contributed by atoms with Gasteiger partial charge in [0.25, 0.3) is 0 Å². The predicted molar refractivity (Wildman–Crippen MR) is 139 cm³/mol. The van der Waals surface area contributed by atoms with Crippen LogP contribution < -0.4 is 4.74 Å². The van der Waals surface area contributed by atoms with Crippen molar-refractivity contribution in [3.8, 4) is 5.75 Å². The number of pyridine rings is 1. The molecule has 0 saturated carbocycles. The van der Waals surface area contributed by atoms with Gasteiger partial charge in [0.15, 0.2) is 0 Å². The summed E-state index contributed by atoms with van der Waals surface area (Å²) in [5.74, 6) is -0.578. The average Bonchev–Trinajstić information content (AvgIpc) is 2.89. The molecule has 37 heavy (non-hydrogen) atoms. The van der Waals surface area contributed by atoms with Crippen LogP contribution in [-0.4, -0.2) is 53.5 Å². The minimum atomic E-state index is -1.20. The van der Waals surface area contributed by atoms with Gasteiger partial charge >= 0.3 is 5.97 Å². The number of aromatic nitrogens is 1. The van der Waals surface area contributed by atoms with Gasteiger partial charge in [-0.2, -0.15) is 0 Å². The molecule has 1 aliphatic rings. The van der Waals surface area contributed by atoms with Gasteiger partial charge in [-0.25, -0.2) is 13.2 Å². The van der Waals surface area contributed by atoms with Crippen LogP contribution in [0.4, 0.5) is 13.2 Å². The third-order valence-electron chi connectivity index (χ3n) is 7.08. The number of hydrogen-bond donors (Lipinski definition) is 1. The van der Waals surface area contributed by atoms with Gasteiger partial charge in [0.05, 0.1) is 12.6 Å². The van der Waals surface area contributed by atoms with Crippen molar-refractivity contribution >= 4 is 28.6 Å². The Morgan fingerprint density at radius 1 is 1.22 bits per heavy atom. The summed E-state index contributed by atoms with van der Waals surface area (Å²) in [4.78, 5) is 18.3. The lowest BCUT2D eigenvalue weighted by Gasteiger charge is -2.38. The van der Waals surface area contributed by atoms with Crippen molar-refractivity contribution in [3.05, 3.63) is 65.9 Å². The summed E-state index contributed by atoms with van der Waals surface area (Å²) in [5, 5.41) is 10.2. The predicted octanol–water partition coefficient (Wildman–Crippen LogP) is 6.52. The molecule has 2 aromatic carbocycles. The van der Waals surface area contributed by atoms with Crippen LogP contribution in [0.15, 0.2) is 53.6 Å². The third-order valence-corrected chi connectivity index (χ3v) is 8.09. The van der Waals surface area contributed by atoms with Gasteiger partial charge in [-0.15, -0.1) is 11.8 Å². The Kier molecular flexibility index (Phi) is 9.32. The van der Waals surface area contributed by atoms with Gasteiger partial charge in [0.1, 0.15) is 23.6 Å². The SMILES string of the molecule is COc1ccc2nccc([C@H](F)CC[C@@H]3CCN(CCSc4cc(F)ccc4F)C[C@@H]3CC(=O)O)c2c1. The van der Waals surface area contributed by atoms with Gasteiger partial charge in [-0.3, -0.25) is 9.78 Å². The average molecular weight is 533 g/mol. The highest BCUT2D eigenvalue weighted by molar-refractivity contribution is 7.99. The summed E-state index contributed by atoms with van der Waals surface area (Å²) in [6, 6.07) is 10.5. The number of thioether (sulfide) groups is 1. The molecule has 0 bridgehead atoms. The molecule has 1 aromatic heterocycles. The number of halogens is 3. The zero-order valence-corrected chi connectivity index (χ0v) is 21.5. The van der Waals surface area contributed by atoms with Gasteiger partial charge < -0.3 is 14.7 Å². The van der Waals surface area contributed by atoms with E-state index in [-0.39, 0.29) is 23.2 Å².